The molecule has 0 atom stereocenters. The maximum Gasteiger partial charge on any atom is 0.407 e. The first-order valence-electron chi connectivity index (χ1n) is 8.59. The van der Waals surface area contributed by atoms with Crippen LogP contribution in [0.5, 0.6) is 11.5 Å². The van der Waals surface area contributed by atoms with Gasteiger partial charge in [0.1, 0.15) is 35.9 Å². The van der Waals surface area contributed by atoms with E-state index in [0.717, 1.165) is 0 Å². The van der Waals surface area contributed by atoms with E-state index in [0.29, 0.717) is 5.75 Å². The zero-order valence-electron chi connectivity index (χ0n) is 16.4. The maximum atomic E-state index is 12.2. The Morgan fingerprint density at radius 3 is 2.37 bits per heavy atom. The highest BCUT2D eigenvalue weighted by atomic mass is 19.1. The first kappa shape index (κ1) is 22.5. The van der Waals surface area contributed by atoms with E-state index >= 15 is 0 Å². The number of halogens is 1. The molecule has 0 fully saturated rings. The molecule has 7 nitrogen and oxygen atoms in total. The zero-order chi connectivity index (χ0) is 20.7. The molecule has 27 heavy (non-hydrogen) atoms. The number of hydrogen-bond donors (Lipinski definition) is 2. The fraction of sp³-hybridized carbons (Fsp3) is 0.579. The normalized spacial score (nSPS) is 11.6. The minimum absolute atomic E-state index is 0.0292. The Hall–Kier alpha value is -2.51. The lowest BCUT2D eigenvalue weighted by Gasteiger charge is -2.27. The molecule has 0 spiro atoms. The fourth-order valence-electron chi connectivity index (χ4n) is 1.99. The monoisotopic (exact) mass is 385 g/mol. The molecule has 1 aromatic rings. The highest BCUT2D eigenvalue weighted by Crippen LogP contribution is 2.27. The van der Waals surface area contributed by atoms with Gasteiger partial charge in [0.2, 0.25) is 0 Å². The van der Waals surface area contributed by atoms with Crippen LogP contribution in [0.1, 0.15) is 45.0 Å². The highest BCUT2D eigenvalue weighted by molar-refractivity contribution is 5.91. The molecule has 0 heterocycles. The average Bonchev–Trinajstić information content (AvgIpc) is 2.55. The van der Waals surface area contributed by atoms with Gasteiger partial charge >= 0.3 is 12.1 Å². The van der Waals surface area contributed by atoms with Crippen molar-refractivity contribution in [3.63, 3.8) is 0 Å². The van der Waals surface area contributed by atoms with Gasteiger partial charge in [-0.1, -0.05) is 13.8 Å². The molecule has 2 N–H and O–H groups in total. The molecule has 0 bridgehead atoms. The van der Waals surface area contributed by atoms with Gasteiger partial charge in [0.15, 0.2) is 0 Å². The summed E-state index contributed by atoms with van der Waals surface area (Å²) in [5, 5.41) is 12.0. The average molecular weight is 385 g/mol. The van der Waals surface area contributed by atoms with Crippen LogP contribution in [0.15, 0.2) is 18.2 Å². The van der Waals surface area contributed by atoms with E-state index in [1.54, 1.807) is 20.8 Å². The number of ether oxygens (including phenoxy) is 3. The van der Waals surface area contributed by atoms with Gasteiger partial charge < -0.3 is 24.6 Å². The molecule has 0 aromatic heterocycles. The lowest BCUT2D eigenvalue weighted by Crippen LogP contribution is -2.40. The lowest BCUT2D eigenvalue weighted by molar-refractivity contribution is 0.0492. The third kappa shape index (κ3) is 8.61. The van der Waals surface area contributed by atoms with Crippen LogP contribution < -0.4 is 14.8 Å². The molecule has 152 valence electrons. The van der Waals surface area contributed by atoms with Crippen molar-refractivity contribution in [1.82, 2.24) is 5.32 Å². The fourth-order valence-corrected chi connectivity index (χ4v) is 1.99. The molecule has 1 amide bonds. The van der Waals surface area contributed by atoms with Gasteiger partial charge in [-0.3, -0.25) is 0 Å². The molecule has 1 rings (SSSR count). The Balaban J connectivity index is 2.73. The molecule has 0 radical (unpaired) electrons. The predicted molar refractivity (Wildman–Crippen MR) is 98.4 cm³/mol. The van der Waals surface area contributed by atoms with Crippen molar-refractivity contribution in [2.45, 2.75) is 40.2 Å². The van der Waals surface area contributed by atoms with E-state index in [2.05, 4.69) is 5.32 Å². The van der Waals surface area contributed by atoms with Crippen LogP contribution in [0, 0.1) is 5.41 Å². The number of carbonyl (C=O) groups excluding carboxylic acids is 1. The first-order valence-corrected chi connectivity index (χ1v) is 8.59. The summed E-state index contributed by atoms with van der Waals surface area (Å²) in [6.07, 6.45) is -0.539. The van der Waals surface area contributed by atoms with Crippen molar-refractivity contribution >= 4 is 12.1 Å². The van der Waals surface area contributed by atoms with Gasteiger partial charge in [-0.15, -0.1) is 0 Å². The summed E-state index contributed by atoms with van der Waals surface area (Å²) in [4.78, 5) is 23.1. The number of carboxylic acids is 1. The Kier molecular flexibility index (Phi) is 7.87. The Morgan fingerprint density at radius 2 is 1.81 bits per heavy atom. The minimum atomic E-state index is -1.15. The molecule has 0 aliphatic rings. The van der Waals surface area contributed by atoms with Crippen LogP contribution >= 0.6 is 0 Å². The number of nitrogens with one attached hydrogen (secondary N) is 1. The Morgan fingerprint density at radius 1 is 1.15 bits per heavy atom. The standard InChI is InChI=1S/C19H28FNO6/c1-18(2,3)27-17(24)21-11-19(4,5)12-26-15-10-13(25-9-8-20)6-7-14(15)16(22)23/h6-7,10H,8-9,11-12H2,1-5H3,(H,21,24)(H,22,23). The molecular formula is C19H28FNO6. The van der Waals surface area contributed by atoms with E-state index in [9.17, 15) is 19.1 Å². The predicted octanol–water partition coefficient (Wildman–Crippen LogP) is 3.66. The minimum Gasteiger partial charge on any atom is -0.492 e. The Bertz CT molecular complexity index is 654. The topological polar surface area (TPSA) is 94.1 Å². The van der Waals surface area contributed by atoms with Crippen molar-refractivity contribution in [1.29, 1.82) is 0 Å². The molecule has 0 aliphatic carbocycles. The van der Waals surface area contributed by atoms with E-state index in [4.69, 9.17) is 14.2 Å². The summed E-state index contributed by atoms with van der Waals surface area (Å²) in [6, 6.07) is 4.20. The number of carboxylic acid groups (broad SMARTS) is 1. The van der Waals surface area contributed by atoms with Crippen molar-refractivity contribution in [2.24, 2.45) is 5.41 Å². The third-order valence-corrected chi connectivity index (χ3v) is 3.26. The molecule has 0 aliphatic heterocycles. The quantitative estimate of drug-likeness (QED) is 0.674. The maximum absolute atomic E-state index is 12.2. The number of aromatic carboxylic acids is 1. The second-order valence-corrected chi connectivity index (χ2v) is 7.81. The number of alkyl halides is 1. The van der Waals surface area contributed by atoms with Crippen LogP contribution in [0.4, 0.5) is 9.18 Å². The molecule has 8 heteroatoms. The summed E-state index contributed by atoms with van der Waals surface area (Å²) in [5.41, 5.74) is -1.12. The number of hydrogen-bond acceptors (Lipinski definition) is 5. The molecular weight excluding hydrogens is 357 g/mol. The second kappa shape index (κ2) is 9.43. The van der Waals surface area contributed by atoms with Gasteiger partial charge in [0.05, 0.1) is 6.61 Å². The van der Waals surface area contributed by atoms with E-state index in [1.165, 1.54) is 18.2 Å². The van der Waals surface area contributed by atoms with Crippen LogP contribution in [-0.4, -0.2) is 49.2 Å². The van der Waals surface area contributed by atoms with Crippen molar-refractivity contribution in [3.8, 4) is 11.5 Å². The SMILES string of the molecule is CC(C)(CNC(=O)OC(C)(C)C)COc1cc(OCCF)ccc1C(=O)O. The molecule has 1 aromatic carbocycles. The Labute approximate surface area is 158 Å². The van der Waals surface area contributed by atoms with E-state index < -0.39 is 29.8 Å². The number of benzene rings is 1. The smallest absolute Gasteiger partial charge is 0.407 e. The van der Waals surface area contributed by atoms with Crippen LogP contribution in [-0.2, 0) is 4.74 Å². The van der Waals surface area contributed by atoms with Gasteiger partial charge in [0, 0.05) is 18.0 Å². The van der Waals surface area contributed by atoms with Gasteiger partial charge in [-0.05, 0) is 32.9 Å². The largest absolute Gasteiger partial charge is 0.492 e. The summed E-state index contributed by atoms with van der Waals surface area (Å²) in [5.74, 6) is -0.715. The molecule has 0 unspecified atom stereocenters. The second-order valence-electron chi connectivity index (χ2n) is 7.81. The van der Waals surface area contributed by atoms with E-state index in [1.807, 2.05) is 13.8 Å². The van der Waals surface area contributed by atoms with Crippen LogP contribution in [0.2, 0.25) is 0 Å². The van der Waals surface area contributed by atoms with Crippen molar-refractivity contribution < 1.29 is 33.3 Å². The summed E-state index contributed by atoms with van der Waals surface area (Å²) >= 11 is 0. The number of carbonyl (C=O) groups is 2. The van der Waals surface area contributed by atoms with Crippen molar-refractivity contribution in [3.05, 3.63) is 23.8 Å². The van der Waals surface area contributed by atoms with Gasteiger partial charge in [0.25, 0.3) is 0 Å². The van der Waals surface area contributed by atoms with E-state index in [-0.39, 0.29) is 31.1 Å². The first-order chi connectivity index (χ1) is 12.4. The summed E-state index contributed by atoms with van der Waals surface area (Å²) in [7, 11) is 0. The molecule has 0 saturated carbocycles. The third-order valence-electron chi connectivity index (χ3n) is 3.26. The number of alkyl carbamates (subject to hydrolysis) is 1. The zero-order valence-corrected chi connectivity index (χ0v) is 16.4. The summed E-state index contributed by atoms with van der Waals surface area (Å²) in [6.45, 7) is 8.64. The van der Waals surface area contributed by atoms with Gasteiger partial charge in [-0.25, -0.2) is 14.0 Å². The highest BCUT2D eigenvalue weighted by Gasteiger charge is 2.24. The lowest BCUT2D eigenvalue weighted by atomic mass is 9.95. The van der Waals surface area contributed by atoms with Crippen LogP contribution in [0.25, 0.3) is 0 Å². The van der Waals surface area contributed by atoms with Crippen molar-refractivity contribution in [2.75, 3.05) is 26.4 Å². The molecule has 0 saturated heterocycles. The van der Waals surface area contributed by atoms with Gasteiger partial charge in [-0.2, -0.15) is 0 Å². The number of amides is 1. The number of rotatable bonds is 9. The summed E-state index contributed by atoms with van der Waals surface area (Å²) < 4.78 is 28.3. The van der Waals surface area contributed by atoms with Crippen LogP contribution in [0.3, 0.4) is 0 Å².